The van der Waals surface area contributed by atoms with Crippen molar-refractivity contribution in [2.75, 3.05) is 6.61 Å². The van der Waals surface area contributed by atoms with Crippen LogP contribution >= 0.6 is 15.9 Å². The van der Waals surface area contributed by atoms with Crippen molar-refractivity contribution in [1.29, 1.82) is 0 Å². The Balaban J connectivity index is 2.86. The highest BCUT2D eigenvalue weighted by molar-refractivity contribution is 9.10. The van der Waals surface area contributed by atoms with Gasteiger partial charge in [-0.15, -0.1) is 0 Å². The lowest BCUT2D eigenvalue weighted by Crippen LogP contribution is -1.95. The first kappa shape index (κ1) is 11.9. The second-order valence-corrected chi connectivity index (χ2v) is 3.69. The van der Waals surface area contributed by atoms with Gasteiger partial charge in [-0.05, 0) is 25.1 Å². The highest BCUT2D eigenvalue weighted by Gasteiger charge is 2.04. The van der Waals surface area contributed by atoms with Crippen LogP contribution in [0, 0.1) is 0 Å². The van der Waals surface area contributed by atoms with Crippen LogP contribution in [0.5, 0.6) is 11.5 Å². The third-order valence-electron chi connectivity index (χ3n) is 1.59. The molecule has 1 aromatic rings. The van der Waals surface area contributed by atoms with Crippen LogP contribution in [-0.4, -0.2) is 6.61 Å². The van der Waals surface area contributed by atoms with Crippen LogP contribution in [0.1, 0.15) is 6.92 Å². The Labute approximate surface area is 98.3 Å². The minimum Gasteiger partial charge on any atom is -0.486 e. The average Bonchev–Trinajstić information content (AvgIpc) is 2.25. The highest BCUT2D eigenvalue weighted by Crippen LogP contribution is 2.30. The molecule has 0 bridgehead atoms. The summed E-state index contributed by atoms with van der Waals surface area (Å²) in [5, 5.41) is 0. The van der Waals surface area contributed by atoms with E-state index in [0.29, 0.717) is 18.1 Å². The van der Waals surface area contributed by atoms with Gasteiger partial charge in [-0.2, -0.15) is 0 Å². The van der Waals surface area contributed by atoms with Crippen LogP contribution in [0.2, 0.25) is 0 Å². The Bertz CT molecular complexity index is 359. The maximum atomic E-state index is 5.44. The van der Waals surface area contributed by atoms with Gasteiger partial charge in [0.25, 0.3) is 0 Å². The van der Waals surface area contributed by atoms with E-state index < -0.39 is 0 Å². The second kappa shape index (κ2) is 6.30. The maximum Gasteiger partial charge on any atom is 0.169 e. The summed E-state index contributed by atoms with van der Waals surface area (Å²) in [6.07, 6.45) is 5.13. The van der Waals surface area contributed by atoms with Crippen molar-refractivity contribution in [3.63, 3.8) is 0 Å². The third kappa shape index (κ3) is 3.80. The predicted octanol–water partition coefficient (Wildman–Crippen LogP) is 3.93. The molecule has 0 saturated carbocycles. The molecular weight excluding hydrogens is 256 g/mol. The van der Waals surface area contributed by atoms with Crippen molar-refractivity contribution in [2.24, 2.45) is 0 Å². The fraction of sp³-hybridized carbons (Fsp3) is 0.167. The number of hydrogen-bond acceptors (Lipinski definition) is 2. The molecule has 0 amide bonds. The second-order valence-electron chi connectivity index (χ2n) is 2.78. The van der Waals surface area contributed by atoms with E-state index in [9.17, 15) is 0 Å². The lowest BCUT2D eigenvalue weighted by Gasteiger charge is -2.09. The maximum absolute atomic E-state index is 5.44. The van der Waals surface area contributed by atoms with Crippen LogP contribution in [0.25, 0.3) is 0 Å². The normalized spacial score (nSPS) is 10.3. The molecule has 0 atom stereocenters. The van der Waals surface area contributed by atoms with E-state index in [1.54, 1.807) is 12.3 Å². The van der Waals surface area contributed by atoms with E-state index in [2.05, 4.69) is 22.5 Å². The largest absolute Gasteiger partial charge is 0.486 e. The van der Waals surface area contributed by atoms with Crippen LogP contribution in [0.15, 0.2) is 47.7 Å². The molecule has 0 spiro atoms. The van der Waals surface area contributed by atoms with E-state index >= 15 is 0 Å². The summed E-state index contributed by atoms with van der Waals surface area (Å²) in [6, 6.07) is 5.62. The van der Waals surface area contributed by atoms with Crippen LogP contribution in [-0.2, 0) is 0 Å². The molecule has 0 fully saturated rings. The zero-order valence-corrected chi connectivity index (χ0v) is 10.2. The van der Waals surface area contributed by atoms with Crippen molar-refractivity contribution in [3.8, 4) is 11.5 Å². The van der Waals surface area contributed by atoms with Crippen molar-refractivity contribution >= 4 is 15.9 Å². The smallest absolute Gasteiger partial charge is 0.169 e. The third-order valence-corrected chi connectivity index (χ3v) is 2.09. The Morgan fingerprint density at radius 3 is 2.87 bits per heavy atom. The molecule has 0 aliphatic rings. The molecule has 0 aliphatic heterocycles. The molecule has 0 N–H and O–H groups in total. The standard InChI is InChI=1S/C12H13BrO2/c1-3-7-14-11-6-5-10(13)9-12(11)15-8-4-2/h3-6,8-9H,1,7H2,2H3/b8-4+. The van der Waals surface area contributed by atoms with Crippen LogP contribution < -0.4 is 9.47 Å². The van der Waals surface area contributed by atoms with Crippen LogP contribution in [0.3, 0.4) is 0 Å². The molecule has 1 aromatic carbocycles. The van der Waals surface area contributed by atoms with Crippen LogP contribution in [0.4, 0.5) is 0 Å². The monoisotopic (exact) mass is 268 g/mol. The minimum atomic E-state index is 0.466. The Hall–Kier alpha value is -1.22. The summed E-state index contributed by atoms with van der Waals surface area (Å²) in [4.78, 5) is 0. The molecule has 2 nitrogen and oxygen atoms in total. The zero-order chi connectivity index (χ0) is 11.1. The lowest BCUT2D eigenvalue weighted by molar-refractivity contribution is 0.339. The van der Waals surface area contributed by atoms with E-state index in [1.807, 2.05) is 31.2 Å². The number of hydrogen-bond donors (Lipinski definition) is 0. The summed E-state index contributed by atoms with van der Waals surface area (Å²) < 4.78 is 11.8. The van der Waals surface area contributed by atoms with Gasteiger partial charge in [-0.1, -0.05) is 34.7 Å². The van der Waals surface area contributed by atoms with Crippen molar-refractivity contribution in [1.82, 2.24) is 0 Å². The van der Waals surface area contributed by atoms with Crippen molar-refractivity contribution < 1.29 is 9.47 Å². The molecule has 0 saturated heterocycles. The van der Waals surface area contributed by atoms with Gasteiger partial charge in [0.15, 0.2) is 11.5 Å². The minimum absolute atomic E-state index is 0.466. The van der Waals surface area contributed by atoms with Gasteiger partial charge in [-0.25, -0.2) is 0 Å². The summed E-state index contributed by atoms with van der Waals surface area (Å²) in [7, 11) is 0. The Morgan fingerprint density at radius 1 is 1.40 bits per heavy atom. The number of allylic oxidation sites excluding steroid dienone is 1. The fourth-order valence-electron chi connectivity index (χ4n) is 0.983. The molecule has 0 heterocycles. The summed E-state index contributed by atoms with van der Waals surface area (Å²) >= 11 is 3.38. The van der Waals surface area contributed by atoms with Gasteiger partial charge in [0.1, 0.15) is 6.61 Å². The first-order chi connectivity index (χ1) is 7.27. The highest BCUT2D eigenvalue weighted by atomic mass is 79.9. The van der Waals surface area contributed by atoms with Crippen molar-refractivity contribution in [2.45, 2.75) is 6.92 Å². The average molecular weight is 269 g/mol. The van der Waals surface area contributed by atoms with Gasteiger partial charge in [0, 0.05) is 4.47 Å². The van der Waals surface area contributed by atoms with E-state index in [0.717, 1.165) is 4.47 Å². The summed E-state index contributed by atoms with van der Waals surface area (Å²) in [5.74, 6) is 1.39. The predicted molar refractivity (Wildman–Crippen MR) is 65.3 cm³/mol. The Kier molecular flexibility index (Phi) is 4.98. The molecule has 1 rings (SSSR count). The molecule has 15 heavy (non-hydrogen) atoms. The molecule has 0 radical (unpaired) electrons. The molecular formula is C12H13BrO2. The lowest BCUT2D eigenvalue weighted by atomic mass is 10.3. The SMILES string of the molecule is C=CCOc1ccc(Br)cc1O/C=C/C. The quantitative estimate of drug-likeness (QED) is 0.595. The molecule has 0 aliphatic carbocycles. The van der Waals surface area contributed by atoms with Crippen molar-refractivity contribution in [3.05, 3.63) is 47.7 Å². The molecule has 0 aromatic heterocycles. The number of halogens is 1. The van der Waals surface area contributed by atoms with E-state index in [4.69, 9.17) is 9.47 Å². The first-order valence-electron chi connectivity index (χ1n) is 4.59. The first-order valence-corrected chi connectivity index (χ1v) is 5.38. The van der Waals surface area contributed by atoms with Gasteiger partial charge in [-0.3, -0.25) is 0 Å². The van der Waals surface area contributed by atoms with Gasteiger partial charge < -0.3 is 9.47 Å². The van der Waals surface area contributed by atoms with Gasteiger partial charge in [0.2, 0.25) is 0 Å². The molecule has 3 heteroatoms. The summed E-state index contributed by atoms with van der Waals surface area (Å²) in [6.45, 7) is 5.95. The number of rotatable bonds is 5. The van der Waals surface area contributed by atoms with Gasteiger partial charge >= 0.3 is 0 Å². The van der Waals surface area contributed by atoms with E-state index in [-0.39, 0.29) is 0 Å². The topological polar surface area (TPSA) is 18.5 Å². The van der Waals surface area contributed by atoms with Gasteiger partial charge in [0.05, 0.1) is 6.26 Å². The summed E-state index contributed by atoms with van der Waals surface area (Å²) in [5.41, 5.74) is 0. The number of benzene rings is 1. The molecule has 0 unspecified atom stereocenters. The number of ether oxygens (including phenoxy) is 2. The fourth-order valence-corrected chi connectivity index (χ4v) is 1.32. The zero-order valence-electron chi connectivity index (χ0n) is 8.57. The van der Waals surface area contributed by atoms with E-state index in [1.165, 1.54) is 0 Å². The Morgan fingerprint density at radius 2 is 2.20 bits per heavy atom. The molecule has 80 valence electrons.